The van der Waals surface area contributed by atoms with E-state index in [2.05, 4.69) is 10.9 Å². The largest absolute Gasteiger partial charge is 0.245 e. The Balaban J connectivity index is 2.65. The second-order valence-electron chi connectivity index (χ2n) is 3.32. The van der Waals surface area contributed by atoms with E-state index in [1.165, 1.54) is 12.3 Å². The van der Waals surface area contributed by atoms with Gasteiger partial charge in [-0.3, -0.25) is 0 Å². The highest BCUT2D eigenvalue weighted by molar-refractivity contribution is 5.65. The van der Waals surface area contributed by atoms with E-state index >= 15 is 0 Å². The van der Waals surface area contributed by atoms with Crippen LogP contribution in [0.3, 0.4) is 0 Å². The summed E-state index contributed by atoms with van der Waals surface area (Å²) in [5.74, 6) is -0.261. The molecule has 0 spiro atoms. The molecule has 1 nitrogen and oxygen atoms in total. The van der Waals surface area contributed by atoms with Crippen LogP contribution in [0.5, 0.6) is 0 Å². The summed E-state index contributed by atoms with van der Waals surface area (Å²) in [6.07, 6.45) is 6.34. The fourth-order valence-corrected chi connectivity index (χ4v) is 1.48. The van der Waals surface area contributed by atoms with Gasteiger partial charge >= 0.3 is 0 Å². The molecule has 17 heavy (non-hydrogen) atoms. The number of aromatic nitrogens is 1. The standard InChI is InChI=1S/C13H6F3N/c1-2-12-13(16)11(3-4-17-12)8-5-9(14)7-10(15)6-8/h1,3-7H. The molecule has 0 amide bonds. The summed E-state index contributed by atoms with van der Waals surface area (Å²) < 4.78 is 39.8. The quantitative estimate of drug-likeness (QED) is 0.689. The van der Waals surface area contributed by atoms with Crippen LogP contribution in [0.15, 0.2) is 30.5 Å². The van der Waals surface area contributed by atoms with Crippen molar-refractivity contribution in [2.75, 3.05) is 0 Å². The maximum absolute atomic E-state index is 13.8. The molecule has 0 atom stereocenters. The zero-order valence-electron chi connectivity index (χ0n) is 8.55. The normalized spacial score (nSPS) is 10.0. The highest BCUT2D eigenvalue weighted by atomic mass is 19.1. The Labute approximate surface area is 95.9 Å². The summed E-state index contributed by atoms with van der Waals surface area (Å²) in [5, 5.41) is 0. The van der Waals surface area contributed by atoms with Gasteiger partial charge in [-0.15, -0.1) is 6.42 Å². The Hall–Kier alpha value is -2.28. The monoisotopic (exact) mass is 233 g/mol. The van der Waals surface area contributed by atoms with Crippen LogP contribution in [-0.2, 0) is 0 Å². The summed E-state index contributed by atoms with van der Waals surface area (Å²) in [5.41, 5.74) is -0.0857. The van der Waals surface area contributed by atoms with Crippen LogP contribution in [0.25, 0.3) is 11.1 Å². The Morgan fingerprint density at radius 1 is 1.06 bits per heavy atom. The van der Waals surface area contributed by atoms with Crippen molar-refractivity contribution in [3.05, 3.63) is 53.6 Å². The molecule has 2 rings (SSSR count). The topological polar surface area (TPSA) is 12.9 Å². The van der Waals surface area contributed by atoms with Gasteiger partial charge in [0.05, 0.1) is 0 Å². The molecule has 0 aliphatic heterocycles. The molecule has 0 radical (unpaired) electrons. The smallest absolute Gasteiger partial charge is 0.165 e. The minimum atomic E-state index is -0.779. The summed E-state index contributed by atoms with van der Waals surface area (Å²) >= 11 is 0. The SMILES string of the molecule is C#Cc1nccc(-c2cc(F)cc(F)c2)c1F. The van der Waals surface area contributed by atoms with Crippen molar-refractivity contribution in [3.63, 3.8) is 0 Å². The second kappa shape index (κ2) is 4.30. The fraction of sp³-hybridized carbons (Fsp3) is 0. The van der Waals surface area contributed by atoms with E-state index in [-0.39, 0.29) is 16.8 Å². The van der Waals surface area contributed by atoms with E-state index in [1.807, 2.05) is 0 Å². The summed E-state index contributed by atoms with van der Waals surface area (Å²) in [4.78, 5) is 3.63. The van der Waals surface area contributed by atoms with Gasteiger partial charge in [0, 0.05) is 17.8 Å². The predicted octanol–water partition coefficient (Wildman–Crippen LogP) is 3.15. The Morgan fingerprint density at radius 2 is 1.71 bits per heavy atom. The molecule has 0 bridgehead atoms. The summed E-state index contributed by atoms with van der Waals surface area (Å²) in [6.45, 7) is 0. The van der Waals surface area contributed by atoms with Crippen LogP contribution >= 0.6 is 0 Å². The molecule has 0 fully saturated rings. The molecule has 0 saturated carbocycles. The number of terminal acetylenes is 1. The molecule has 0 N–H and O–H groups in total. The first-order chi connectivity index (χ1) is 8.11. The van der Waals surface area contributed by atoms with Crippen LogP contribution in [0.4, 0.5) is 13.2 Å². The van der Waals surface area contributed by atoms with E-state index in [9.17, 15) is 13.2 Å². The average Bonchev–Trinajstić information content (AvgIpc) is 2.28. The first kappa shape index (κ1) is 11.2. The zero-order valence-corrected chi connectivity index (χ0v) is 8.55. The molecule has 2 aromatic rings. The van der Waals surface area contributed by atoms with E-state index in [4.69, 9.17) is 6.42 Å². The van der Waals surface area contributed by atoms with E-state index in [0.29, 0.717) is 6.07 Å². The van der Waals surface area contributed by atoms with Crippen molar-refractivity contribution >= 4 is 0 Å². The molecular formula is C13H6F3N. The first-order valence-corrected chi connectivity index (χ1v) is 4.69. The fourth-order valence-electron chi connectivity index (χ4n) is 1.48. The number of nitrogens with zero attached hydrogens (tertiary/aromatic N) is 1. The molecule has 4 heteroatoms. The van der Waals surface area contributed by atoms with E-state index < -0.39 is 17.5 Å². The van der Waals surface area contributed by atoms with Crippen molar-refractivity contribution in [1.29, 1.82) is 0 Å². The number of rotatable bonds is 1. The van der Waals surface area contributed by atoms with Gasteiger partial charge in [0.25, 0.3) is 0 Å². The molecule has 0 unspecified atom stereocenters. The first-order valence-electron chi connectivity index (χ1n) is 4.69. The van der Waals surface area contributed by atoms with Gasteiger partial charge in [-0.1, -0.05) is 0 Å². The van der Waals surface area contributed by atoms with Gasteiger partial charge in [0.1, 0.15) is 17.3 Å². The number of hydrogen-bond acceptors (Lipinski definition) is 1. The summed E-state index contributed by atoms with van der Waals surface area (Å²) in [7, 11) is 0. The number of benzene rings is 1. The van der Waals surface area contributed by atoms with Gasteiger partial charge < -0.3 is 0 Å². The van der Waals surface area contributed by atoms with Crippen LogP contribution in [0.1, 0.15) is 5.69 Å². The summed E-state index contributed by atoms with van der Waals surface area (Å²) in [6, 6.07) is 4.08. The molecular weight excluding hydrogens is 227 g/mol. The van der Waals surface area contributed by atoms with Gasteiger partial charge in [0.2, 0.25) is 0 Å². The molecule has 0 aliphatic carbocycles. The third-order valence-corrected chi connectivity index (χ3v) is 2.20. The predicted molar refractivity (Wildman–Crippen MR) is 57.5 cm³/mol. The number of pyridine rings is 1. The highest BCUT2D eigenvalue weighted by Crippen LogP contribution is 2.25. The second-order valence-corrected chi connectivity index (χ2v) is 3.32. The minimum absolute atomic E-state index is 0.0198. The Kier molecular flexibility index (Phi) is 2.84. The van der Waals surface area contributed by atoms with Crippen LogP contribution < -0.4 is 0 Å². The van der Waals surface area contributed by atoms with E-state index in [1.54, 1.807) is 0 Å². The third-order valence-electron chi connectivity index (χ3n) is 2.20. The lowest BCUT2D eigenvalue weighted by Crippen LogP contribution is -1.94. The maximum atomic E-state index is 13.8. The van der Waals surface area contributed by atoms with Crippen LogP contribution in [0.2, 0.25) is 0 Å². The van der Waals surface area contributed by atoms with Gasteiger partial charge in [-0.25, -0.2) is 18.2 Å². The van der Waals surface area contributed by atoms with Gasteiger partial charge in [-0.05, 0) is 29.7 Å². The lowest BCUT2D eigenvalue weighted by atomic mass is 10.1. The molecule has 1 heterocycles. The average molecular weight is 233 g/mol. The zero-order chi connectivity index (χ0) is 12.4. The molecule has 1 aromatic heterocycles. The van der Waals surface area contributed by atoms with Crippen molar-refractivity contribution in [2.24, 2.45) is 0 Å². The van der Waals surface area contributed by atoms with Crippen LogP contribution in [-0.4, -0.2) is 4.98 Å². The lowest BCUT2D eigenvalue weighted by molar-refractivity contribution is 0.583. The van der Waals surface area contributed by atoms with Crippen LogP contribution in [0, 0.1) is 29.8 Å². The number of hydrogen-bond donors (Lipinski definition) is 0. The lowest BCUT2D eigenvalue weighted by Gasteiger charge is -2.05. The molecule has 0 aliphatic rings. The van der Waals surface area contributed by atoms with E-state index in [0.717, 1.165) is 12.1 Å². The van der Waals surface area contributed by atoms with Gasteiger partial charge in [-0.2, -0.15) is 0 Å². The molecule has 0 saturated heterocycles. The highest BCUT2D eigenvalue weighted by Gasteiger charge is 2.11. The minimum Gasteiger partial charge on any atom is -0.245 e. The number of halogens is 3. The van der Waals surface area contributed by atoms with Crippen molar-refractivity contribution in [2.45, 2.75) is 0 Å². The van der Waals surface area contributed by atoms with Crippen molar-refractivity contribution in [3.8, 4) is 23.5 Å². The Bertz CT molecular complexity index is 594. The maximum Gasteiger partial charge on any atom is 0.165 e. The third kappa shape index (κ3) is 2.13. The molecule has 84 valence electrons. The van der Waals surface area contributed by atoms with Crippen molar-refractivity contribution < 1.29 is 13.2 Å². The molecule has 1 aromatic carbocycles. The van der Waals surface area contributed by atoms with Crippen molar-refractivity contribution in [1.82, 2.24) is 4.98 Å². The Morgan fingerprint density at radius 3 is 2.29 bits per heavy atom. The van der Waals surface area contributed by atoms with Gasteiger partial charge in [0.15, 0.2) is 5.82 Å².